The lowest BCUT2D eigenvalue weighted by Crippen LogP contribution is -2.18. The molecular weight excluding hydrogens is 340 g/mol. The number of carbonyl (C=O) groups is 1. The Morgan fingerprint density at radius 3 is 2.52 bits per heavy atom. The molecule has 3 aromatic rings. The molecule has 0 atom stereocenters. The maximum atomic E-state index is 12.3. The molecule has 0 aliphatic heterocycles. The van der Waals surface area contributed by atoms with Crippen molar-refractivity contribution < 1.29 is 14.6 Å². The molecule has 0 spiro atoms. The summed E-state index contributed by atoms with van der Waals surface area (Å²) in [5, 5.41) is 9.76. The van der Waals surface area contributed by atoms with Gasteiger partial charge in [0.25, 0.3) is 0 Å². The summed E-state index contributed by atoms with van der Waals surface area (Å²) < 4.78 is 6.51. The summed E-state index contributed by atoms with van der Waals surface area (Å²) in [6.45, 7) is -0.633. The summed E-state index contributed by atoms with van der Waals surface area (Å²) >= 11 is 6.47. The molecule has 128 valence electrons. The third-order valence-electron chi connectivity index (χ3n) is 3.98. The van der Waals surface area contributed by atoms with Gasteiger partial charge in [0.2, 0.25) is 5.78 Å². The van der Waals surface area contributed by atoms with Crippen LogP contribution in [0.25, 0.3) is 22.3 Å². The van der Waals surface area contributed by atoms with Crippen LogP contribution in [0.15, 0.2) is 54.7 Å². The lowest BCUT2D eigenvalue weighted by Gasteiger charge is -2.11. The van der Waals surface area contributed by atoms with Gasteiger partial charge in [-0.05, 0) is 11.6 Å². The summed E-state index contributed by atoms with van der Waals surface area (Å²) in [5.41, 5.74) is 3.03. The number of aliphatic hydroxyl groups excluding tert-OH is 1. The van der Waals surface area contributed by atoms with E-state index in [1.54, 1.807) is 12.3 Å². The van der Waals surface area contributed by atoms with Crippen LogP contribution in [0, 0.1) is 0 Å². The van der Waals surface area contributed by atoms with E-state index in [4.69, 9.17) is 22.2 Å². The minimum Gasteiger partial charge on any atom is -0.495 e. The Morgan fingerprint density at radius 1 is 1.16 bits per heavy atom. The molecule has 25 heavy (non-hydrogen) atoms. The van der Waals surface area contributed by atoms with Crippen molar-refractivity contribution in [3.8, 4) is 28.0 Å². The van der Waals surface area contributed by atoms with Crippen LogP contribution in [0.2, 0.25) is 5.02 Å². The summed E-state index contributed by atoms with van der Waals surface area (Å²) in [5.74, 6) is 6.08. The molecule has 3 rings (SSSR count). The molecule has 3 N–H and O–H groups in total. The SMILES string of the molecule is COc1cccc(-c2cn(N)c(C(=O)CO)c2-c2ccccc2)c1Cl. The zero-order valence-corrected chi connectivity index (χ0v) is 14.3. The Labute approximate surface area is 150 Å². The van der Waals surface area contributed by atoms with Crippen LogP contribution in [-0.4, -0.2) is 29.3 Å². The molecule has 5 nitrogen and oxygen atoms in total. The average molecular weight is 357 g/mol. The van der Waals surface area contributed by atoms with Crippen LogP contribution in [-0.2, 0) is 0 Å². The van der Waals surface area contributed by atoms with E-state index in [1.807, 2.05) is 42.5 Å². The molecule has 1 aromatic heterocycles. The van der Waals surface area contributed by atoms with Gasteiger partial charge >= 0.3 is 0 Å². The number of carbonyl (C=O) groups excluding carboxylic acids is 1. The first kappa shape index (κ1) is 17.1. The number of aromatic nitrogens is 1. The fourth-order valence-corrected chi connectivity index (χ4v) is 3.17. The van der Waals surface area contributed by atoms with Crippen molar-refractivity contribution in [2.45, 2.75) is 0 Å². The van der Waals surface area contributed by atoms with Gasteiger partial charge in [0.15, 0.2) is 0 Å². The number of ketones is 1. The standard InChI is InChI=1S/C19H17ClN2O3/c1-25-16-9-5-8-13(18(16)20)14-10-22(21)19(15(24)11-23)17(14)12-6-3-2-4-7-12/h2-10,23H,11,21H2,1H3. The van der Waals surface area contributed by atoms with E-state index in [1.165, 1.54) is 11.8 Å². The lowest BCUT2D eigenvalue weighted by atomic mass is 9.95. The number of ether oxygens (including phenoxy) is 1. The number of nitrogens with two attached hydrogens (primary N) is 1. The van der Waals surface area contributed by atoms with E-state index in [9.17, 15) is 9.90 Å². The van der Waals surface area contributed by atoms with Crippen LogP contribution in [0.4, 0.5) is 0 Å². The molecule has 0 amide bonds. The minimum atomic E-state index is -0.633. The van der Waals surface area contributed by atoms with Crippen molar-refractivity contribution in [1.82, 2.24) is 4.68 Å². The van der Waals surface area contributed by atoms with Gasteiger partial charge in [-0.25, -0.2) is 0 Å². The molecule has 0 aliphatic carbocycles. The third kappa shape index (κ3) is 2.99. The number of nitrogen functional groups attached to an aromatic ring is 1. The summed E-state index contributed by atoms with van der Waals surface area (Å²) in [6.07, 6.45) is 1.63. The molecule has 0 radical (unpaired) electrons. The number of halogens is 1. The van der Waals surface area contributed by atoms with Gasteiger partial charge in [0.05, 0.1) is 12.1 Å². The quantitative estimate of drug-likeness (QED) is 0.542. The van der Waals surface area contributed by atoms with Gasteiger partial charge in [0.1, 0.15) is 18.1 Å². The number of benzene rings is 2. The van der Waals surface area contributed by atoms with Crippen molar-refractivity contribution in [3.05, 3.63) is 65.4 Å². The molecule has 0 unspecified atom stereocenters. The van der Waals surface area contributed by atoms with Crippen molar-refractivity contribution >= 4 is 17.4 Å². The highest BCUT2D eigenvalue weighted by Gasteiger charge is 2.24. The number of nitrogens with zero attached hydrogens (tertiary/aromatic N) is 1. The Bertz CT molecular complexity index is 920. The first-order valence-electron chi connectivity index (χ1n) is 7.61. The van der Waals surface area contributed by atoms with Gasteiger partial charge in [-0.15, -0.1) is 0 Å². The van der Waals surface area contributed by atoms with Crippen LogP contribution in [0.3, 0.4) is 0 Å². The molecule has 6 heteroatoms. The Balaban J connectivity index is 2.34. The normalized spacial score (nSPS) is 10.7. The van der Waals surface area contributed by atoms with Crippen LogP contribution in [0.5, 0.6) is 5.75 Å². The van der Waals surface area contributed by atoms with Gasteiger partial charge < -0.3 is 15.7 Å². The topological polar surface area (TPSA) is 77.5 Å². The maximum absolute atomic E-state index is 12.3. The predicted molar refractivity (Wildman–Crippen MR) is 98.4 cm³/mol. The lowest BCUT2D eigenvalue weighted by molar-refractivity contribution is 0.0897. The molecule has 0 aliphatic rings. The minimum absolute atomic E-state index is 0.225. The molecule has 2 aromatic carbocycles. The van der Waals surface area contributed by atoms with E-state index in [2.05, 4.69) is 0 Å². The number of hydrogen-bond donors (Lipinski definition) is 2. The highest BCUT2D eigenvalue weighted by molar-refractivity contribution is 6.35. The second-order valence-corrected chi connectivity index (χ2v) is 5.82. The van der Waals surface area contributed by atoms with Crippen LogP contribution < -0.4 is 10.6 Å². The third-order valence-corrected chi connectivity index (χ3v) is 4.37. The zero-order valence-electron chi connectivity index (χ0n) is 13.6. The zero-order chi connectivity index (χ0) is 18.0. The second kappa shape index (κ2) is 7.01. The van der Waals surface area contributed by atoms with E-state index >= 15 is 0 Å². The van der Waals surface area contributed by atoms with Crippen LogP contribution in [0.1, 0.15) is 10.5 Å². The monoisotopic (exact) mass is 356 g/mol. The van der Waals surface area contributed by atoms with Gasteiger partial charge in [-0.1, -0.05) is 54.1 Å². The first-order valence-corrected chi connectivity index (χ1v) is 7.99. The smallest absolute Gasteiger partial charge is 0.207 e. The van der Waals surface area contributed by atoms with E-state index in [0.29, 0.717) is 27.5 Å². The Morgan fingerprint density at radius 2 is 1.88 bits per heavy atom. The molecule has 0 saturated carbocycles. The van der Waals surface area contributed by atoms with Crippen molar-refractivity contribution in [3.63, 3.8) is 0 Å². The number of methoxy groups -OCH3 is 1. The van der Waals surface area contributed by atoms with Gasteiger partial charge in [-0.2, -0.15) is 0 Å². The Hall–Kier alpha value is -2.76. The molecule has 0 saturated heterocycles. The van der Waals surface area contributed by atoms with Crippen molar-refractivity contribution in [2.75, 3.05) is 19.6 Å². The predicted octanol–water partition coefficient (Wildman–Crippen LogP) is 3.37. The maximum Gasteiger partial charge on any atom is 0.207 e. The van der Waals surface area contributed by atoms with Gasteiger partial charge in [0, 0.05) is 22.9 Å². The molecular formula is C19H17ClN2O3. The number of aliphatic hydroxyl groups is 1. The number of hydrogen-bond acceptors (Lipinski definition) is 4. The van der Waals surface area contributed by atoms with E-state index in [-0.39, 0.29) is 5.69 Å². The first-order chi connectivity index (χ1) is 12.1. The fourth-order valence-electron chi connectivity index (χ4n) is 2.86. The van der Waals surface area contributed by atoms with Crippen LogP contribution >= 0.6 is 11.6 Å². The Kier molecular flexibility index (Phi) is 4.79. The van der Waals surface area contributed by atoms with E-state index < -0.39 is 12.4 Å². The molecule has 0 bridgehead atoms. The number of rotatable bonds is 5. The average Bonchev–Trinajstić information content (AvgIpc) is 2.99. The van der Waals surface area contributed by atoms with Crippen molar-refractivity contribution in [1.29, 1.82) is 0 Å². The second-order valence-electron chi connectivity index (χ2n) is 5.44. The molecule has 1 heterocycles. The highest BCUT2D eigenvalue weighted by atomic mass is 35.5. The van der Waals surface area contributed by atoms with Crippen molar-refractivity contribution in [2.24, 2.45) is 0 Å². The van der Waals surface area contributed by atoms with Gasteiger partial charge in [-0.3, -0.25) is 9.47 Å². The fraction of sp³-hybridized carbons (Fsp3) is 0.105. The summed E-state index contributed by atoms with van der Waals surface area (Å²) in [7, 11) is 1.54. The summed E-state index contributed by atoms with van der Waals surface area (Å²) in [4.78, 5) is 12.3. The van der Waals surface area contributed by atoms with E-state index in [0.717, 1.165) is 5.56 Å². The number of Topliss-reactive ketones (excluding diaryl/α,β-unsaturated/α-hetero) is 1. The largest absolute Gasteiger partial charge is 0.495 e. The highest BCUT2D eigenvalue weighted by Crippen LogP contribution is 2.42. The summed E-state index contributed by atoms with van der Waals surface area (Å²) in [6, 6.07) is 14.8. The molecule has 0 fully saturated rings.